The first kappa shape index (κ1) is 16.7. The number of aliphatic hydroxyl groups is 1. The van der Waals surface area contributed by atoms with Crippen LogP contribution in [0.5, 0.6) is 0 Å². The maximum absolute atomic E-state index is 11.5. The monoisotopic (exact) mass is 285 g/mol. The first-order valence-corrected chi connectivity index (χ1v) is 7.59. The quantitative estimate of drug-likeness (QED) is 0.411. The van der Waals surface area contributed by atoms with Gasteiger partial charge in [0, 0.05) is 5.75 Å². The van der Waals surface area contributed by atoms with Crippen LogP contribution in [0.3, 0.4) is 0 Å². The summed E-state index contributed by atoms with van der Waals surface area (Å²) in [6.07, 6.45) is 0.305. The lowest BCUT2D eigenvalue weighted by molar-refractivity contribution is -0.138. The molecule has 6 nitrogen and oxygen atoms in total. The Bertz CT molecular complexity index is 330. The van der Waals surface area contributed by atoms with E-state index in [0.29, 0.717) is 6.42 Å². The van der Waals surface area contributed by atoms with Crippen LogP contribution < -0.4 is 5.32 Å². The second-order valence-electron chi connectivity index (χ2n) is 3.72. The van der Waals surface area contributed by atoms with Crippen molar-refractivity contribution in [3.8, 4) is 0 Å². The predicted molar refractivity (Wildman–Crippen MR) is 68.2 cm³/mol. The normalized spacial score (nSPS) is 15.5. The molecule has 0 bridgehead atoms. The third-order valence-electron chi connectivity index (χ3n) is 2.41. The van der Waals surface area contributed by atoms with Crippen molar-refractivity contribution in [2.24, 2.45) is 0 Å². The van der Waals surface area contributed by atoms with Gasteiger partial charge in [0.05, 0.1) is 17.6 Å². The van der Waals surface area contributed by atoms with E-state index in [1.54, 1.807) is 6.92 Å². The van der Waals surface area contributed by atoms with Crippen molar-refractivity contribution in [2.45, 2.75) is 24.6 Å². The highest BCUT2D eigenvalue weighted by atomic mass is 32.2. The van der Waals surface area contributed by atoms with Crippen molar-refractivity contribution in [3.05, 3.63) is 0 Å². The fourth-order valence-electron chi connectivity index (χ4n) is 1.20. The summed E-state index contributed by atoms with van der Waals surface area (Å²) in [5.74, 6) is -1.12. The molecule has 0 aromatic carbocycles. The second kappa shape index (κ2) is 7.91. The molecule has 0 aromatic rings. The van der Waals surface area contributed by atoms with E-state index in [1.165, 1.54) is 0 Å². The first-order valence-electron chi connectivity index (χ1n) is 5.24. The van der Waals surface area contributed by atoms with Crippen LogP contribution in [0.15, 0.2) is 0 Å². The first-order chi connectivity index (χ1) is 7.85. The number of hydrogen-bond acceptors (Lipinski definition) is 6. The fraction of sp³-hybridized carbons (Fsp3) is 0.889. The summed E-state index contributed by atoms with van der Waals surface area (Å²) in [6.45, 7) is 1.43. The molecule has 0 aliphatic rings. The maximum atomic E-state index is 11.5. The van der Waals surface area contributed by atoms with Crippen molar-refractivity contribution < 1.29 is 23.4 Å². The van der Waals surface area contributed by atoms with Gasteiger partial charge in [-0.15, -0.1) is 0 Å². The minimum Gasteiger partial charge on any atom is -0.480 e. The van der Waals surface area contributed by atoms with Gasteiger partial charge in [-0.05, 0) is 19.9 Å². The molecular weight excluding hydrogens is 266 g/mol. The number of carboxylic acid groups (broad SMARTS) is 1. The minimum absolute atomic E-state index is 0.146. The second-order valence-corrected chi connectivity index (χ2v) is 6.62. The number of thiol groups is 1. The van der Waals surface area contributed by atoms with Gasteiger partial charge in [-0.1, -0.05) is 0 Å². The molecule has 0 aliphatic carbocycles. The summed E-state index contributed by atoms with van der Waals surface area (Å²) in [4.78, 5) is 10.6. The van der Waals surface area contributed by atoms with Crippen molar-refractivity contribution in [1.82, 2.24) is 5.32 Å². The van der Waals surface area contributed by atoms with E-state index in [-0.39, 0.29) is 18.1 Å². The molecule has 102 valence electrons. The van der Waals surface area contributed by atoms with Gasteiger partial charge < -0.3 is 15.5 Å². The highest BCUT2D eigenvalue weighted by Gasteiger charge is 2.21. The Morgan fingerprint density at radius 1 is 1.47 bits per heavy atom. The van der Waals surface area contributed by atoms with E-state index in [9.17, 15) is 13.2 Å². The molecule has 0 fully saturated rings. The van der Waals surface area contributed by atoms with Crippen LogP contribution >= 0.6 is 12.6 Å². The molecule has 8 heteroatoms. The van der Waals surface area contributed by atoms with Crippen LogP contribution in [0.2, 0.25) is 0 Å². The molecular formula is C9H19NO5S2. The zero-order valence-corrected chi connectivity index (χ0v) is 11.4. The van der Waals surface area contributed by atoms with Crippen LogP contribution in [-0.2, 0) is 14.6 Å². The van der Waals surface area contributed by atoms with Gasteiger partial charge in [0.15, 0.2) is 9.84 Å². The lowest BCUT2D eigenvalue weighted by atomic mass is 10.3. The topological polar surface area (TPSA) is 104 Å². The molecule has 0 rings (SSSR count). The molecule has 0 heterocycles. The van der Waals surface area contributed by atoms with E-state index in [4.69, 9.17) is 10.2 Å². The van der Waals surface area contributed by atoms with E-state index >= 15 is 0 Å². The zero-order chi connectivity index (χ0) is 13.5. The highest BCUT2D eigenvalue weighted by molar-refractivity contribution is 7.92. The Morgan fingerprint density at radius 2 is 2.06 bits per heavy atom. The van der Waals surface area contributed by atoms with Crippen LogP contribution in [0.25, 0.3) is 0 Å². The highest BCUT2D eigenvalue weighted by Crippen LogP contribution is 2.05. The van der Waals surface area contributed by atoms with Gasteiger partial charge in [-0.3, -0.25) is 4.79 Å². The van der Waals surface area contributed by atoms with Crippen molar-refractivity contribution in [3.63, 3.8) is 0 Å². The third-order valence-corrected chi connectivity index (χ3v) is 4.99. The average molecular weight is 285 g/mol. The number of carboxylic acids is 1. The Kier molecular flexibility index (Phi) is 7.77. The molecule has 0 spiro atoms. The van der Waals surface area contributed by atoms with Gasteiger partial charge >= 0.3 is 5.97 Å². The molecule has 0 saturated carbocycles. The summed E-state index contributed by atoms with van der Waals surface area (Å²) in [6, 6.07) is -0.772. The summed E-state index contributed by atoms with van der Waals surface area (Å²) < 4.78 is 23.0. The van der Waals surface area contributed by atoms with Gasteiger partial charge in [0.2, 0.25) is 0 Å². The van der Waals surface area contributed by atoms with Crippen LogP contribution in [0.4, 0.5) is 0 Å². The van der Waals surface area contributed by atoms with Crippen LogP contribution in [0, 0.1) is 0 Å². The number of carbonyl (C=O) groups is 1. The number of sulfone groups is 1. The number of nitrogens with one attached hydrogen (secondary N) is 1. The summed E-state index contributed by atoms with van der Waals surface area (Å²) in [5, 5.41) is 19.4. The molecule has 2 unspecified atom stereocenters. The smallest absolute Gasteiger partial charge is 0.321 e. The number of aliphatic carboxylic acids is 1. The standard InChI is InChI=1S/C9H19NO5S2/c1-7(17(14,15)5-4-11)2-3-10-8(6-16)9(12)13/h7-8,10-11,16H,2-6H2,1H3,(H,12,13). The summed E-state index contributed by atoms with van der Waals surface area (Å²) in [7, 11) is -3.29. The van der Waals surface area contributed by atoms with E-state index in [0.717, 1.165) is 0 Å². The lowest BCUT2D eigenvalue weighted by Gasteiger charge is -2.15. The molecule has 0 aliphatic heterocycles. The molecule has 0 radical (unpaired) electrons. The Labute approximate surface area is 107 Å². The van der Waals surface area contributed by atoms with Crippen LogP contribution in [0.1, 0.15) is 13.3 Å². The molecule has 0 aromatic heterocycles. The summed E-state index contributed by atoms with van der Waals surface area (Å²) >= 11 is 3.88. The van der Waals surface area contributed by atoms with Crippen molar-refractivity contribution >= 4 is 28.4 Å². The van der Waals surface area contributed by atoms with Crippen LogP contribution in [-0.4, -0.2) is 60.5 Å². The molecule has 0 saturated heterocycles. The fourth-order valence-corrected chi connectivity index (χ4v) is 2.62. The van der Waals surface area contributed by atoms with E-state index in [1.807, 2.05) is 0 Å². The number of hydrogen-bond donors (Lipinski definition) is 4. The van der Waals surface area contributed by atoms with E-state index < -0.39 is 33.7 Å². The molecule has 0 amide bonds. The number of rotatable bonds is 9. The Balaban J connectivity index is 4.08. The lowest BCUT2D eigenvalue weighted by Crippen LogP contribution is -2.40. The van der Waals surface area contributed by atoms with Crippen molar-refractivity contribution in [1.29, 1.82) is 0 Å². The van der Waals surface area contributed by atoms with Gasteiger partial charge in [0.1, 0.15) is 6.04 Å². The Hall–Kier alpha value is -0.310. The van der Waals surface area contributed by atoms with Gasteiger partial charge in [0.25, 0.3) is 0 Å². The van der Waals surface area contributed by atoms with E-state index in [2.05, 4.69) is 17.9 Å². The summed E-state index contributed by atoms with van der Waals surface area (Å²) in [5.41, 5.74) is 0. The zero-order valence-electron chi connectivity index (χ0n) is 9.66. The SMILES string of the molecule is CC(CCNC(CS)C(=O)O)S(=O)(=O)CCO. The predicted octanol–water partition coefficient (Wildman–Crippen LogP) is -0.855. The Morgan fingerprint density at radius 3 is 2.47 bits per heavy atom. The minimum atomic E-state index is -3.29. The molecule has 17 heavy (non-hydrogen) atoms. The van der Waals surface area contributed by atoms with Gasteiger partial charge in [-0.2, -0.15) is 12.6 Å². The van der Waals surface area contributed by atoms with Crippen molar-refractivity contribution in [2.75, 3.05) is 24.7 Å². The maximum Gasteiger partial charge on any atom is 0.321 e. The largest absolute Gasteiger partial charge is 0.480 e. The molecule has 3 N–H and O–H groups in total. The third kappa shape index (κ3) is 6.25. The van der Waals surface area contributed by atoms with Gasteiger partial charge in [-0.25, -0.2) is 8.42 Å². The molecule has 2 atom stereocenters. The number of aliphatic hydroxyl groups excluding tert-OH is 1. The average Bonchev–Trinajstić information content (AvgIpc) is 2.23.